The fourth-order valence-electron chi connectivity index (χ4n) is 4.43. The van der Waals surface area contributed by atoms with E-state index in [1.807, 2.05) is 49.4 Å². The molecular weight excluding hydrogens is 434 g/mol. The summed E-state index contributed by atoms with van der Waals surface area (Å²) in [4.78, 5) is 25.9. The summed E-state index contributed by atoms with van der Waals surface area (Å²) < 4.78 is 11.0. The Morgan fingerprint density at radius 2 is 1.79 bits per heavy atom. The van der Waals surface area contributed by atoms with Crippen LogP contribution in [0.3, 0.4) is 0 Å². The van der Waals surface area contributed by atoms with Crippen LogP contribution in [0.4, 0.5) is 11.4 Å². The third-order valence-electron chi connectivity index (χ3n) is 6.14. The molecule has 0 aromatic heterocycles. The van der Waals surface area contributed by atoms with Crippen LogP contribution < -0.4 is 14.8 Å². The second-order valence-electron chi connectivity index (χ2n) is 8.24. The lowest BCUT2D eigenvalue weighted by Gasteiger charge is -2.37. The number of nitrogens with one attached hydrogen (secondary N) is 1. The maximum atomic E-state index is 13.1. The van der Waals surface area contributed by atoms with Gasteiger partial charge in [-0.2, -0.15) is 0 Å². The van der Waals surface area contributed by atoms with Crippen LogP contribution in [-0.2, 0) is 11.2 Å². The van der Waals surface area contributed by atoms with Gasteiger partial charge in [-0.25, -0.2) is 0 Å². The molecule has 8 heteroatoms. The lowest BCUT2D eigenvalue weighted by molar-refractivity contribution is -0.384. The molecule has 1 amide bonds. The van der Waals surface area contributed by atoms with E-state index >= 15 is 0 Å². The molecule has 1 aliphatic heterocycles. The van der Waals surface area contributed by atoms with Gasteiger partial charge in [0, 0.05) is 18.7 Å². The number of nitro groups is 1. The molecule has 1 N–H and O–H groups in total. The molecule has 4 rings (SSSR count). The van der Waals surface area contributed by atoms with Gasteiger partial charge >= 0.3 is 0 Å². The number of non-ortho nitro benzene ring substituents is 1. The van der Waals surface area contributed by atoms with Gasteiger partial charge < -0.3 is 14.8 Å². The first-order valence-electron chi connectivity index (χ1n) is 11.0. The van der Waals surface area contributed by atoms with E-state index in [4.69, 9.17) is 9.47 Å². The Morgan fingerprint density at radius 1 is 1.09 bits per heavy atom. The summed E-state index contributed by atoms with van der Waals surface area (Å²) in [5.74, 6) is 1.09. The van der Waals surface area contributed by atoms with Gasteiger partial charge in [-0.3, -0.25) is 19.8 Å². The Morgan fingerprint density at radius 3 is 2.47 bits per heavy atom. The topological polar surface area (TPSA) is 93.9 Å². The Labute approximate surface area is 198 Å². The molecule has 0 saturated carbocycles. The number of anilines is 1. The molecule has 3 aromatic carbocycles. The van der Waals surface area contributed by atoms with Crippen molar-refractivity contribution < 1.29 is 19.2 Å². The Kier molecular flexibility index (Phi) is 6.79. The highest BCUT2D eigenvalue weighted by molar-refractivity contribution is 5.93. The third kappa shape index (κ3) is 4.72. The van der Waals surface area contributed by atoms with Crippen LogP contribution in [0.25, 0.3) is 0 Å². The largest absolute Gasteiger partial charge is 0.493 e. The van der Waals surface area contributed by atoms with E-state index in [0.29, 0.717) is 23.7 Å². The fourth-order valence-corrected chi connectivity index (χ4v) is 4.43. The zero-order valence-corrected chi connectivity index (χ0v) is 19.4. The number of carbonyl (C=O) groups excluding carboxylic acids is 1. The molecule has 0 spiro atoms. The molecule has 0 radical (unpaired) electrons. The molecule has 1 heterocycles. The number of amides is 1. The number of benzene rings is 3. The van der Waals surface area contributed by atoms with Gasteiger partial charge in [-0.15, -0.1) is 0 Å². The third-order valence-corrected chi connectivity index (χ3v) is 6.14. The molecule has 0 fully saturated rings. The summed E-state index contributed by atoms with van der Waals surface area (Å²) in [6.07, 6.45) is 0.752. The Hall–Kier alpha value is -3.91. The van der Waals surface area contributed by atoms with Crippen molar-refractivity contribution in [2.24, 2.45) is 0 Å². The van der Waals surface area contributed by atoms with Crippen molar-refractivity contribution in [3.05, 3.63) is 93.0 Å². The minimum Gasteiger partial charge on any atom is -0.493 e. The van der Waals surface area contributed by atoms with Crippen LogP contribution in [0.2, 0.25) is 0 Å². The number of nitrogens with zero attached hydrogens (tertiary/aromatic N) is 2. The number of hydrogen-bond donors (Lipinski definition) is 1. The first-order valence-corrected chi connectivity index (χ1v) is 11.0. The molecule has 1 aliphatic rings. The van der Waals surface area contributed by atoms with Crippen molar-refractivity contribution in [2.75, 3.05) is 32.6 Å². The molecule has 0 unspecified atom stereocenters. The van der Waals surface area contributed by atoms with Gasteiger partial charge in [0.1, 0.15) is 0 Å². The number of fused-ring (bicyclic) bond motifs is 1. The van der Waals surface area contributed by atoms with E-state index in [1.54, 1.807) is 20.3 Å². The number of nitro benzene ring substituents is 1. The molecule has 0 bridgehead atoms. The van der Waals surface area contributed by atoms with Crippen molar-refractivity contribution in [2.45, 2.75) is 19.4 Å². The number of ether oxygens (including phenoxy) is 2. The highest BCUT2D eigenvalue weighted by Gasteiger charge is 2.31. The predicted molar refractivity (Wildman–Crippen MR) is 130 cm³/mol. The summed E-state index contributed by atoms with van der Waals surface area (Å²) in [5.41, 5.74) is 4.43. The highest BCUT2D eigenvalue weighted by Crippen LogP contribution is 2.40. The van der Waals surface area contributed by atoms with Crippen molar-refractivity contribution >= 4 is 17.3 Å². The minimum absolute atomic E-state index is 0.0593. The van der Waals surface area contributed by atoms with Crippen LogP contribution in [0.15, 0.2) is 60.7 Å². The number of rotatable bonds is 7. The molecule has 34 heavy (non-hydrogen) atoms. The molecule has 3 aromatic rings. The lowest BCUT2D eigenvalue weighted by atomic mass is 9.87. The maximum Gasteiger partial charge on any atom is 0.271 e. The van der Waals surface area contributed by atoms with E-state index in [1.165, 1.54) is 12.1 Å². The summed E-state index contributed by atoms with van der Waals surface area (Å²) in [5, 5.41) is 14.0. The highest BCUT2D eigenvalue weighted by atomic mass is 16.6. The molecule has 176 valence electrons. The summed E-state index contributed by atoms with van der Waals surface area (Å²) in [6.45, 7) is 2.61. The first-order chi connectivity index (χ1) is 16.4. The zero-order valence-electron chi connectivity index (χ0n) is 19.4. The molecule has 8 nitrogen and oxygen atoms in total. The molecular formula is C26H27N3O5. The van der Waals surface area contributed by atoms with E-state index in [0.717, 1.165) is 28.7 Å². The number of carbonyl (C=O) groups is 1. The quantitative estimate of drug-likeness (QED) is 0.411. The summed E-state index contributed by atoms with van der Waals surface area (Å²) in [7, 11) is 3.23. The molecule has 0 saturated heterocycles. The fraction of sp³-hybridized carbons (Fsp3) is 0.269. The number of aryl methyl sites for hydroxylation is 1. The number of methoxy groups -OCH3 is 2. The van der Waals surface area contributed by atoms with E-state index in [2.05, 4.69) is 10.2 Å². The normalized spacial score (nSPS) is 15.3. The van der Waals surface area contributed by atoms with Crippen LogP contribution in [0.5, 0.6) is 11.5 Å². The van der Waals surface area contributed by atoms with Crippen molar-refractivity contribution in [1.82, 2.24) is 4.90 Å². The van der Waals surface area contributed by atoms with Gasteiger partial charge in [-0.1, -0.05) is 36.4 Å². The summed E-state index contributed by atoms with van der Waals surface area (Å²) in [6, 6.07) is 18.3. The smallest absolute Gasteiger partial charge is 0.271 e. The monoisotopic (exact) mass is 461 g/mol. The van der Waals surface area contributed by atoms with E-state index < -0.39 is 4.92 Å². The van der Waals surface area contributed by atoms with Crippen molar-refractivity contribution in [1.29, 1.82) is 0 Å². The Balaban J connectivity index is 1.65. The maximum absolute atomic E-state index is 13.1. The van der Waals surface area contributed by atoms with Crippen LogP contribution in [-0.4, -0.2) is 43.0 Å². The first kappa shape index (κ1) is 23.3. The average Bonchev–Trinajstić information content (AvgIpc) is 2.84. The average molecular weight is 462 g/mol. The van der Waals surface area contributed by atoms with E-state index in [9.17, 15) is 14.9 Å². The van der Waals surface area contributed by atoms with Crippen molar-refractivity contribution in [3.8, 4) is 11.5 Å². The van der Waals surface area contributed by atoms with Crippen molar-refractivity contribution in [3.63, 3.8) is 0 Å². The van der Waals surface area contributed by atoms with Gasteiger partial charge in [0.25, 0.3) is 5.69 Å². The molecule has 1 atom stereocenters. The number of hydrogen-bond acceptors (Lipinski definition) is 6. The van der Waals surface area contributed by atoms with E-state index in [-0.39, 0.29) is 24.2 Å². The van der Waals surface area contributed by atoms with Crippen LogP contribution in [0.1, 0.15) is 28.3 Å². The second kappa shape index (κ2) is 9.93. The molecule has 0 aliphatic carbocycles. The lowest BCUT2D eigenvalue weighted by Crippen LogP contribution is -2.41. The van der Waals surface area contributed by atoms with Crippen LogP contribution in [0, 0.1) is 17.0 Å². The van der Waals surface area contributed by atoms with Gasteiger partial charge in [0.05, 0.1) is 37.4 Å². The minimum atomic E-state index is -0.468. The predicted octanol–water partition coefficient (Wildman–Crippen LogP) is 4.51. The second-order valence-corrected chi connectivity index (χ2v) is 8.24. The van der Waals surface area contributed by atoms with Crippen LogP contribution >= 0.6 is 0 Å². The summed E-state index contributed by atoms with van der Waals surface area (Å²) >= 11 is 0. The van der Waals surface area contributed by atoms with Gasteiger partial charge in [-0.05, 0) is 47.7 Å². The van der Waals surface area contributed by atoms with Gasteiger partial charge in [0.15, 0.2) is 11.5 Å². The standard InChI is InChI=1S/C26H27N3O5/c1-17-9-10-20(29(31)32)14-22(17)27-25(30)16-28-12-11-19-13-23(33-2)24(34-3)15-21(19)26(28)18-7-5-4-6-8-18/h4-10,13-15,26H,11-12,16H2,1-3H3,(H,27,30)/t26-/m1/s1. The zero-order chi connectivity index (χ0) is 24.2. The SMILES string of the molecule is COc1cc2c(cc1OC)[C@@H](c1ccccc1)N(CC(=O)Nc1cc([N+](=O)[O-])ccc1C)CC2. The Bertz CT molecular complexity index is 1210. The van der Waals surface area contributed by atoms with Gasteiger partial charge in [0.2, 0.25) is 5.91 Å².